The van der Waals surface area contributed by atoms with Crippen molar-refractivity contribution >= 4 is 0 Å². The molecule has 8 nitrogen and oxygen atoms in total. The van der Waals surface area contributed by atoms with Crippen LogP contribution < -0.4 is 11.2 Å². The van der Waals surface area contributed by atoms with Crippen LogP contribution in [0, 0.1) is 0 Å². The van der Waals surface area contributed by atoms with Crippen LogP contribution in [0.3, 0.4) is 0 Å². The normalized spacial score (nSPS) is 41.0. The predicted octanol–water partition coefficient (Wildman–Crippen LogP) is -1.68. The number of aromatic nitrogens is 2. The Morgan fingerprint density at radius 1 is 1.35 bits per heavy atom. The standard InChI is InChI=1S/C12H18N2O6/c1-10(6-15)12(3,19)11(2,18)8(20-10)14-5-4-7(16)13-9(14)17/h4-5,8,15,18-19H,6H2,1-3H3,(H,13,16,17)/t8-,10-,11?,12+/m1/s1. The Balaban J connectivity index is 2.59. The molecule has 0 amide bonds. The second-order valence-corrected chi connectivity index (χ2v) is 5.60. The third kappa shape index (κ3) is 1.76. The Hall–Kier alpha value is -1.48. The summed E-state index contributed by atoms with van der Waals surface area (Å²) in [6, 6.07) is 1.10. The maximum atomic E-state index is 11.8. The van der Waals surface area contributed by atoms with Gasteiger partial charge in [-0.25, -0.2) is 4.79 Å². The van der Waals surface area contributed by atoms with E-state index >= 15 is 0 Å². The van der Waals surface area contributed by atoms with E-state index in [1.54, 1.807) is 0 Å². The highest BCUT2D eigenvalue weighted by molar-refractivity contribution is 5.14. The smallest absolute Gasteiger partial charge is 0.330 e. The van der Waals surface area contributed by atoms with Crippen LogP contribution in [-0.2, 0) is 4.74 Å². The first-order chi connectivity index (χ1) is 9.07. The Morgan fingerprint density at radius 2 is 1.95 bits per heavy atom. The SMILES string of the molecule is CC1(O)[C@H](n2ccc(=O)[nH]c2=O)O[C@](C)(CO)[C@]1(C)O. The molecule has 0 bridgehead atoms. The molecular weight excluding hydrogens is 268 g/mol. The fourth-order valence-electron chi connectivity index (χ4n) is 2.38. The summed E-state index contributed by atoms with van der Waals surface area (Å²) in [5.41, 5.74) is -6.49. The highest BCUT2D eigenvalue weighted by atomic mass is 16.6. The Bertz CT molecular complexity index is 631. The summed E-state index contributed by atoms with van der Waals surface area (Å²) in [7, 11) is 0. The van der Waals surface area contributed by atoms with Crippen molar-refractivity contribution < 1.29 is 20.1 Å². The van der Waals surface area contributed by atoms with Gasteiger partial charge in [-0.1, -0.05) is 0 Å². The van der Waals surface area contributed by atoms with Crippen molar-refractivity contribution in [3.05, 3.63) is 33.1 Å². The quantitative estimate of drug-likeness (QED) is 0.514. The summed E-state index contributed by atoms with van der Waals surface area (Å²) in [5, 5.41) is 30.5. The van der Waals surface area contributed by atoms with Crippen LogP contribution >= 0.6 is 0 Å². The largest absolute Gasteiger partial charge is 0.393 e. The molecular formula is C12H18N2O6. The lowest BCUT2D eigenvalue weighted by atomic mass is 9.76. The third-order valence-electron chi connectivity index (χ3n) is 4.27. The van der Waals surface area contributed by atoms with Gasteiger partial charge in [0, 0.05) is 12.3 Å². The number of nitrogens with one attached hydrogen (secondary N) is 1. The molecule has 0 aromatic carbocycles. The Labute approximate surface area is 114 Å². The molecule has 1 unspecified atom stereocenters. The Kier molecular flexibility index (Phi) is 3.17. The number of hydrogen-bond donors (Lipinski definition) is 4. The highest BCUT2D eigenvalue weighted by Gasteiger charge is 2.67. The highest BCUT2D eigenvalue weighted by Crippen LogP contribution is 2.50. The maximum absolute atomic E-state index is 11.8. The zero-order valence-corrected chi connectivity index (χ0v) is 11.5. The Morgan fingerprint density at radius 3 is 2.40 bits per heavy atom. The molecule has 2 rings (SSSR count). The van der Waals surface area contributed by atoms with E-state index in [0.29, 0.717) is 0 Å². The summed E-state index contributed by atoms with van der Waals surface area (Å²) < 4.78 is 6.50. The van der Waals surface area contributed by atoms with Crippen LogP contribution in [0.1, 0.15) is 27.0 Å². The van der Waals surface area contributed by atoms with Crippen LogP contribution in [-0.4, -0.2) is 48.3 Å². The number of ether oxygens (including phenoxy) is 1. The van der Waals surface area contributed by atoms with Gasteiger partial charge in [0.1, 0.15) is 16.8 Å². The number of aromatic amines is 1. The van der Waals surface area contributed by atoms with Crippen LogP contribution in [0.25, 0.3) is 0 Å². The lowest BCUT2D eigenvalue weighted by molar-refractivity contribution is -0.162. The van der Waals surface area contributed by atoms with Gasteiger partial charge in [0.2, 0.25) is 0 Å². The first-order valence-corrected chi connectivity index (χ1v) is 6.12. The summed E-state index contributed by atoms with van der Waals surface area (Å²) in [4.78, 5) is 24.9. The molecule has 1 aromatic heterocycles. The molecule has 8 heteroatoms. The van der Waals surface area contributed by atoms with E-state index in [1.165, 1.54) is 27.0 Å². The van der Waals surface area contributed by atoms with Crippen molar-refractivity contribution in [3.63, 3.8) is 0 Å². The lowest BCUT2D eigenvalue weighted by Crippen LogP contribution is -2.60. The molecule has 1 aliphatic heterocycles. The lowest BCUT2D eigenvalue weighted by Gasteiger charge is -2.39. The average molecular weight is 286 g/mol. The fourth-order valence-corrected chi connectivity index (χ4v) is 2.38. The van der Waals surface area contributed by atoms with E-state index in [0.717, 1.165) is 10.6 Å². The zero-order valence-electron chi connectivity index (χ0n) is 11.5. The first-order valence-electron chi connectivity index (χ1n) is 6.12. The molecule has 4 N–H and O–H groups in total. The van der Waals surface area contributed by atoms with Gasteiger partial charge < -0.3 is 20.1 Å². The molecule has 0 aliphatic carbocycles. The van der Waals surface area contributed by atoms with Crippen molar-refractivity contribution in [2.24, 2.45) is 0 Å². The number of aliphatic hydroxyl groups excluding tert-OH is 1. The minimum Gasteiger partial charge on any atom is -0.393 e. The van der Waals surface area contributed by atoms with Crippen LogP contribution in [0.15, 0.2) is 21.9 Å². The molecule has 0 saturated carbocycles. The van der Waals surface area contributed by atoms with Gasteiger partial charge in [0.25, 0.3) is 5.56 Å². The topological polar surface area (TPSA) is 125 Å². The van der Waals surface area contributed by atoms with Gasteiger partial charge >= 0.3 is 5.69 Å². The van der Waals surface area contributed by atoms with E-state index in [9.17, 15) is 24.9 Å². The van der Waals surface area contributed by atoms with E-state index < -0.39 is 40.9 Å². The molecule has 112 valence electrons. The van der Waals surface area contributed by atoms with E-state index in [4.69, 9.17) is 4.74 Å². The first kappa shape index (κ1) is 14.9. The van der Waals surface area contributed by atoms with Crippen molar-refractivity contribution in [2.75, 3.05) is 6.61 Å². The third-order valence-corrected chi connectivity index (χ3v) is 4.27. The summed E-state index contributed by atoms with van der Waals surface area (Å²) in [6.07, 6.45) is -0.0848. The number of aliphatic hydroxyl groups is 3. The second-order valence-electron chi connectivity index (χ2n) is 5.60. The number of rotatable bonds is 2. The number of hydrogen-bond acceptors (Lipinski definition) is 6. The van der Waals surface area contributed by atoms with Crippen LogP contribution in [0.4, 0.5) is 0 Å². The molecule has 1 aliphatic rings. The minimum atomic E-state index is -1.85. The molecule has 20 heavy (non-hydrogen) atoms. The predicted molar refractivity (Wildman–Crippen MR) is 68.2 cm³/mol. The number of nitrogens with zero attached hydrogens (tertiary/aromatic N) is 1. The summed E-state index contributed by atoms with van der Waals surface area (Å²) >= 11 is 0. The molecule has 1 fully saturated rings. The van der Waals surface area contributed by atoms with Crippen LogP contribution in [0.2, 0.25) is 0 Å². The van der Waals surface area contributed by atoms with E-state index in [-0.39, 0.29) is 0 Å². The molecule has 4 atom stereocenters. The van der Waals surface area contributed by atoms with Gasteiger partial charge in [-0.15, -0.1) is 0 Å². The van der Waals surface area contributed by atoms with E-state index in [1.807, 2.05) is 4.98 Å². The van der Waals surface area contributed by atoms with E-state index in [2.05, 4.69) is 0 Å². The molecule has 0 spiro atoms. The maximum Gasteiger partial charge on any atom is 0.330 e. The fraction of sp³-hybridized carbons (Fsp3) is 0.667. The average Bonchev–Trinajstić information content (AvgIpc) is 2.48. The van der Waals surface area contributed by atoms with Crippen molar-refractivity contribution in [2.45, 2.75) is 43.8 Å². The van der Waals surface area contributed by atoms with Gasteiger partial charge in [-0.2, -0.15) is 0 Å². The monoisotopic (exact) mass is 286 g/mol. The van der Waals surface area contributed by atoms with Gasteiger partial charge in [-0.05, 0) is 20.8 Å². The van der Waals surface area contributed by atoms with Gasteiger partial charge in [0.05, 0.1) is 6.61 Å². The van der Waals surface area contributed by atoms with Crippen LogP contribution in [0.5, 0.6) is 0 Å². The number of H-pyrrole nitrogens is 1. The minimum absolute atomic E-state index is 0.551. The summed E-state index contributed by atoms with van der Waals surface area (Å²) in [6.45, 7) is 3.50. The molecule has 1 saturated heterocycles. The van der Waals surface area contributed by atoms with Gasteiger partial charge in [-0.3, -0.25) is 14.3 Å². The van der Waals surface area contributed by atoms with Gasteiger partial charge in [0.15, 0.2) is 6.23 Å². The van der Waals surface area contributed by atoms with Crippen molar-refractivity contribution in [3.8, 4) is 0 Å². The molecule has 1 aromatic rings. The molecule has 2 heterocycles. The van der Waals surface area contributed by atoms with Crippen molar-refractivity contribution in [1.82, 2.24) is 9.55 Å². The second kappa shape index (κ2) is 4.26. The zero-order chi connectivity index (χ0) is 15.3. The summed E-state index contributed by atoms with van der Waals surface area (Å²) in [5.74, 6) is 0. The van der Waals surface area contributed by atoms with Crippen molar-refractivity contribution in [1.29, 1.82) is 0 Å². The molecule has 0 radical (unpaired) electrons.